The fourth-order valence-corrected chi connectivity index (χ4v) is 5.27. The Bertz CT molecular complexity index is 1500. The maximum Gasteiger partial charge on any atom is 0.0783 e. The van der Waals surface area contributed by atoms with Crippen molar-refractivity contribution in [3.05, 3.63) is 114 Å². The minimum absolute atomic E-state index is 0.00660. The highest BCUT2D eigenvalue weighted by Gasteiger charge is 2.35. The highest BCUT2D eigenvalue weighted by molar-refractivity contribution is 5.96. The van der Waals surface area contributed by atoms with E-state index in [0.29, 0.717) is 0 Å². The van der Waals surface area contributed by atoms with E-state index in [0.717, 1.165) is 5.69 Å². The maximum absolute atomic E-state index is 4.78. The molecular weight excluding hydrogens is 386 g/mol. The summed E-state index contributed by atoms with van der Waals surface area (Å²) >= 11 is 0. The van der Waals surface area contributed by atoms with Gasteiger partial charge in [-0.3, -0.25) is 4.98 Å². The molecule has 154 valence electrons. The van der Waals surface area contributed by atoms with E-state index in [1.54, 1.807) is 0 Å². The van der Waals surface area contributed by atoms with E-state index >= 15 is 0 Å². The van der Waals surface area contributed by atoms with Crippen molar-refractivity contribution < 1.29 is 0 Å². The average molecular weight is 412 g/mol. The Kier molecular flexibility index (Phi) is 4.10. The molecule has 5 aromatic rings. The Morgan fingerprint density at radius 3 is 2.25 bits per heavy atom. The summed E-state index contributed by atoms with van der Waals surface area (Å²) in [6.07, 6.45) is 1.92. The Hall–Kier alpha value is -3.71. The van der Waals surface area contributed by atoms with Gasteiger partial charge in [0.2, 0.25) is 0 Å². The van der Waals surface area contributed by atoms with E-state index in [4.69, 9.17) is 4.98 Å². The molecule has 0 unspecified atom stereocenters. The Morgan fingerprint density at radius 2 is 1.34 bits per heavy atom. The van der Waals surface area contributed by atoms with Gasteiger partial charge in [-0.05, 0) is 69.5 Å². The molecule has 0 saturated carbocycles. The Labute approximate surface area is 189 Å². The molecule has 0 atom stereocenters. The van der Waals surface area contributed by atoms with Crippen LogP contribution in [0.2, 0.25) is 0 Å². The molecule has 0 bridgehead atoms. The van der Waals surface area contributed by atoms with Crippen molar-refractivity contribution >= 4 is 10.8 Å². The lowest BCUT2D eigenvalue weighted by Gasteiger charge is -2.22. The molecule has 0 fully saturated rings. The molecule has 0 amide bonds. The van der Waals surface area contributed by atoms with E-state index in [1.807, 2.05) is 6.20 Å². The van der Waals surface area contributed by atoms with Crippen molar-refractivity contribution in [3.63, 3.8) is 0 Å². The van der Waals surface area contributed by atoms with E-state index in [9.17, 15) is 0 Å². The number of benzene rings is 4. The van der Waals surface area contributed by atoms with Crippen molar-refractivity contribution in [3.8, 4) is 33.5 Å². The smallest absolute Gasteiger partial charge is 0.0783 e. The zero-order chi connectivity index (χ0) is 21.9. The number of aromatic nitrogens is 1. The number of aryl methyl sites for hydroxylation is 1. The fourth-order valence-electron chi connectivity index (χ4n) is 5.27. The third kappa shape index (κ3) is 2.74. The highest BCUT2D eigenvalue weighted by atomic mass is 14.7. The van der Waals surface area contributed by atoms with Gasteiger partial charge in [-0.15, -0.1) is 0 Å². The van der Waals surface area contributed by atoms with Crippen LogP contribution in [-0.4, -0.2) is 4.98 Å². The Morgan fingerprint density at radius 1 is 0.625 bits per heavy atom. The van der Waals surface area contributed by atoms with Crippen LogP contribution in [-0.2, 0) is 5.41 Å². The summed E-state index contributed by atoms with van der Waals surface area (Å²) in [5, 5.41) is 2.42. The lowest BCUT2D eigenvalue weighted by atomic mass is 9.81. The molecule has 0 radical (unpaired) electrons. The van der Waals surface area contributed by atoms with E-state index in [2.05, 4.69) is 112 Å². The lowest BCUT2D eigenvalue weighted by molar-refractivity contribution is 0.660. The third-order valence-corrected chi connectivity index (χ3v) is 7.08. The van der Waals surface area contributed by atoms with Gasteiger partial charge in [0.1, 0.15) is 0 Å². The molecule has 0 aliphatic heterocycles. The van der Waals surface area contributed by atoms with Gasteiger partial charge in [0.15, 0.2) is 0 Å². The molecule has 32 heavy (non-hydrogen) atoms. The molecule has 4 aromatic carbocycles. The molecule has 6 rings (SSSR count). The number of nitrogens with zero attached hydrogens (tertiary/aromatic N) is 1. The van der Waals surface area contributed by atoms with Crippen LogP contribution in [0.1, 0.15) is 30.5 Å². The Balaban J connectivity index is 1.51. The molecule has 1 nitrogen and oxygen atoms in total. The quantitative estimate of drug-likeness (QED) is 0.285. The number of rotatable bonds is 2. The minimum Gasteiger partial charge on any atom is -0.256 e. The van der Waals surface area contributed by atoms with E-state index in [-0.39, 0.29) is 5.41 Å². The molecule has 1 heterocycles. The molecule has 0 saturated heterocycles. The van der Waals surface area contributed by atoms with Crippen LogP contribution in [0.25, 0.3) is 44.3 Å². The van der Waals surface area contributed by atoms with Crippen molar-refractivity contribution in [2.45, 2.75) is 26.2 Å². The first-order valence-electron chi connectivity index (χ1n) is 11.2. The summed E-state index contributed by atoms with van der Waals surface area (Å²) in [7, 11) is 0. The SMILES string of the molecule is Cc1ccc(-c2ccc3c(c2)C(C)(C)c2ccccc2-3)cc1-c1nccc2ccccc12. The summed E-state index contributed by atoms with van der Waals surface area (Å²) in [5.41, 5.74) is 11.5. The topological polar surface area (TPSA) is 12.9 Å². The normalized spacial score (nSPS) is 13.7. The first-order valence-corrected chi connectivity index (χ1v) is 11.2. The second kappa shape index (κ2) is 6.90. The zero-order valence-electron chi connectivity index (χ0n) is 18.7. The van der Waals surface area contributed by atoms with Gasteiger partial charge >= 0.3 is 0 Å². The van der Waals surface area contributed by atoms with Crippen LogP contribution < -0.4 is 0 Å². The van der Waals surface area contributed by atoms with E-state index < -0.39 is 0 Å². The summed E-state index contributed by atoms with van der Waals surface area (Å²) in [4.78, 5) is 4.78. The van der Waals surface area contributed by atoms with Gasteiger partial charge in [-0.25, -0.2) is 0 Å². The second-order valence-electron chi connectivity index (χ2n) is 9.34. The number of hydrogen-bond donors (Lipinski definition) is 0. The van der Waals surface area contributed by atoms with Crippen LogP contribution in [0.3, 0.4) is 0 Å². The number of hydrogen-bond acceptors (Lipinski definition) is 1. The van der Waals surface area contributed by atoms with Crippen molar-refractivity contribution in [2.24, 2.45) is 0 Å². The van der Waals surface area contributed by atoms with Crippen LogP contribution in [0.5, 0.6) is 0 Å². The number of fused-ring (bicyclic) bond motifs is 4. The second-order valence-corrected chi connectivity index (χ2v) is 9.34. The third-order valence-electron chi connectivity index (χ3n) is 7.08. The highest BCUT2D eigenvalue weighted by Crippen LogP contribution is 2.49. The fraction of sp³-hybridized carbons (Fsp3) is 0.129. The van der Waals surface area contributed by atoms with Gasteiger partial charge in [-0.2, -0.15) is 0 Å². The van der Waals surface area contributed by atoms with Gasteiger partial charge in [0.05, 0.1) is 5.69 Å². The van der Waals surface area contributed by atoms with Gasteiger partial charge < -0.3 is 0 Å². The maximum atomic E-state index is 4.78. The predicted octanol–water partition coefficient (Wildman–Crippen LogP) is 8.18. The summed E-state index contributed by atoms with van der Waals surface area (Å²) in [6.45, 7) is 6.84. The molecule has 1 heteroatoms. The van der Waals surface area contributed by atoms with E-state index in [1.165, 1.54) is 55.3 Å². The lowest BCUT2D eigenvalue weighted by Crippen LogP contribution is -2.14. The molecule has 0 N–H and O–H groups in total. The monoisotopic (exact) mass is 411 g/mol. The largest absolute Gasteiger partial charge is 0.256 e. The molecule has 1 aromatic heterocycles. The molecule has 1 aliphatic carbocycles. The van der Waals surface area contributed by atoms with Crippen LogP contribution in [0.4, 0.5) is 0 Å². The first kappa shape index (κ1) is 19.0. The van der Waals surface area contributed by atoms with Crippen molar-refractivity contribution in [1.29, 1.82) is 0 Å². The molecule has 1 aliphatic rings. The average Bonchev–Trinajstić information content (AvgIpc) is 3.06. The van der Waals surface area contributed by atoms with Crippen LogP contribution in [0, 0.1) is 6.92 Å². The van der Waals surface area contributed by atoms with Crippen molar-refractivity contribution in [2.75, 3.05) is 0 Å². The predicted molar refractivity (Wildman–Crippen MR) is 135 cm³/mol. The van der Waals surface area contributed by atoms with Gasteiger partial charge in [0, 0.05) is 22.6 Å². The number of pyridine rings is 1. The van der Waals surface area contributed by atoms with Gasteiger partial charge in [-0.1, -0.05) is 86.6 Å². The van der Waals surface area contributed by atoms with Crippen LogP contribution in [0.15, 0.2) is 97.2 Å². The van der Waals surface area contributed by atoms with Gasteiger partial charge in [0.25, 0.3) is 0 Å². The molecular formula is C31H25N. The summed E-state index contributed by atoms with van der Waals surface area (Å²) < 4.78 is 0. The minimum atomic E-state index is 0.00660. The summed E-state index contributed by atoms with van der Waals surface area (Å²) in [6, 6.07) is 33.1. The molecule has 0 spiro atoms. The van der Waals surface area contributed by atoms with Crippen LogP contribution >= 0.6 is 0 Å². The zero-order valence-corrected chi connectivity index (χ0v) is 18.7. The standard InChI is InChI=1S/C31H25N/c1-20-12-13-22(18-27(20)30-24-9-5-4-8-21(24)16-17-32-30)23-14-15-26-25-10-6-7-11-28(25)31(2,3)29(26)19-23/h4-19H,1-3H3. The summed E-state index contributed by atoms with van der Waals surface area (Å²) in [5.74, 6) is 0. The van der Waals surface area contributed by atoms with Crippen molar-refractivity contribution in [1.82, 2.24) is 4.98 Å². The first-order chi connectivity index (χ1) is 15.5.